The number of methoxy groups -OCH3 is 1. The zero-order valence-corrected chi connectivity index (χ0v) is 7.66. The Kier molecular flexibility index (Phi) is 2.23. The summed E-state index contributed by atoms with van der Waals surface area (Å²) >= 11 is 0. The van der Waals surface area contributed by atoms with Crippen LogP contribution in [0, 0.1) is 6.61 Å². The lowest BCUT2D eigenvalue weighted by atomic mass is 10.1. The smallest absolute Gasteiger partial charge is 0.119 e. The van der Waals surface area contributed by atoms with Gasteiger partial charge in [0.2, 0.25) is 0 Å². The van der Waals surface area contributed by atoms with Gasteiger partial charge in [0.05, 0.1) is 7.11 Å². The molecule has 0 amide bonds. The number of rotatable bonds is 3. The molecule has 2 heteroatoms. The minimum Gasteiger partial charge on any atom is -0.497 e. The standard InChI is InChI=1S/C11H13O2/c1-13-11-5-8(7-12)4-10(6-11)9-2-3-9/h4-7,9,12H,2-3H2,1H3. The van der Waals surface area contributed by atoms with Crippen LogP contribution in [0.3, 0.4) is 0 Å². The summed E-state index contributed by atoms with van der Waals surface area (Å²) in [5.41, 5.74) is 2.10. The fourth-order valence-electron chi connectivity index (χ4n) is 1.49. The van der Waals surface area contributed by atoms with Gasteiger partial charge < -0.3 is 9.84 Å². The minimum absolute atomic E-state index is 0.689. The van der Waals surface area contributed by atoms with Crippen LogP contribution in [-0.2, 0) is 0 Å². The molecule has 0 spiro atoms. The summed E-state index contributed by atoms with van der Waals surface area (Å²) in [4.78, 5) is 0. The molecule has 2 nitrogen and oxygen atoms in total. The molecule has 0 atom stereocenters. The van der Waals surface area contributed by atoms with Gasteiger partial charge in [-0.2, -0.15) is 0 Å². The highest BCUT2D eigenvalue weighted by Crippen LogP contribution is 2.41. The van der Waals surface area contributed by atoms with Gasteiger partial charge in [-0.25, -0.2) is 0 Å². The van der Waals surface area contributed by atoms with E-state index in [-0.39, 0.29) is 0 Å². The number of benzene rings is 1. The zero-order valence-electron chi connectivity index (χ0n) is 7.66. The lowest BCUT2D eigenvalue weighted by Crippen LogP contribution is -1.89. The maximum Gasteiger partial charge on any atom is 0.119 e. The van der Waals surface area contributed by atoms with E-state index in [9.17, 15) is 0 Å². The van der Waals surface area contributed by atoms with Gasteiger partial charge in [0.15, 0.2) is 0 Å². The van der Waals surface area contributed by atoms with Crippen LogP contribution in [0.15, 0.2) is 18.2 Å². The fraction of sp³-hybridized carbons (Fsp3) is 0.364. The van der Waals surface area contributed by atoms with Crippen LogP contribution in [0.25, 0.3) is 0 Å². The highest BCUT2D eigenvalue weighted by Gasteiger charge is 2.24. The maximum absolute atomic E-state index is 8.90. The summed E-state index contributed by atoms with van der Waals surface area (Å²) in [5.74, 6) is 1.51. The van der Waals surface area contributed by atoms with Crippen molar-refractivity contribution >= 4 is 0 Å². The Hall–Kier alpha value is -1.02. The molecule has 13 heavy (non-hydrogen) atoms. The third-order valence-electron chi connectivity index (χ3n) is 2.38. The lowest BCUT2D eigenvalue weighted by molar-refractivity contribution is 0.404. The van der Waals surface area contributed by atoms with Crippen LogP contribution in [0.1, 0.15) is 29.9 Å². The number of hydrogen-bond donors (Lipinski definition) is 1. The Morgan fingerprint density at radius 3 is 2.69 bits per heavy atom. The first-order valence-electron chi connectivity index (χ1n) is 4.50. The van der Waals surface area contributed by atoms with Crippen LogP contribution in [0.2, 0.25) is 0 Å². The van der Waals surface area contributed by atoms with Gasteiger partial charge in [-0.1, -0.05) is 6.07 Å². The highest BCUT2D eigenvalue weighted by atomic mass is 16.5. The second-order valence-corrected chi connectivity index (χ2v) is 3.44. The predicted octanol–water partition coefficient (Wildman–Crippen LogP) is 2.45. The largest absolute Gasteiger partial charge is 0.497 e. The van der Waals surface area contributed by atoms with Crippen LogP contribution < -0.4 is 4.74 Å². The maximum atomic E-state index is 8.90. The normalized spacial score (nSPS) is 15.8. The van der Waals surface area contributed by atoms with E-state index in [1.54, 1.807) is 7.11 Å². The van der Waals surface area contributed by atoms with E-state index < -0.39 is 0 Å². The average molecular weight is 177 g/mol. The monoisotopic (exact) mass is 177 g/mol. The van der Waals surface area contributed by atoms with Crippen molar-refractivity contribution in [1.29, 1.82) is 0 Å². The van der Waals surface area contributed by atoms with E-state index in [4.69, 9.17) is 9.84 Å². The second kappa shape index (κ2) is 3.38. The summed E-state index contributed by atoms with van der Waals surface area (Å²) in [6.45, 7) is 1.12. The molecule has 1 fully saturated rings. The molecule has 1 aromatic carbocycles. The van der Waals surface area contributed by atoms with E-state index in [1.807, 2.05) is 18.2 Å². The molecule has 1 aromatic rings. The average Bonchev–Trinajstić information content (AvgIpc) is 3.00. The summed E-state index contributed by atoms with van der Waals surface area (Å²) < 4.78 is 5.14. The molecular weight excluding hydrogens is 164 g/mol. The Morgan fingerprint density at radius 2 is 2.15 bits per heavy atom. The first kappa shape index (κ1) is 8.57. The zero-order chi connectivity index (χ0) is 9.26. The van der Waals surface area contributed by atoms with Crippen molar-refractivity contribution in [3.05, 3.63) is 35.9 Å². The third-order valence-corrected chi connectivity index (χ3v) is 2.38. The van der Waals surface area contributed by atoms with E-state index in [1.165, 1.54) is 18.4 Å². The highest BCUT2D eigenvalue weighted by molar-refractivity contribution is 5.39. The molecule has 0 heterocycles. The summed E-state index contributed by atoms with van der Waals surface area (Å²) in [5, 5.41) is 8.90. The first-order chi connectivity index (χ1) is 6.33. The molecule has 1 aliphatic rings. The molecule has 0 unspecified atom stereocenters. The van der Waals surface area contributed by atoms with Crippen LogP contribution in [-0.4, -0.2) is 12.2 Å². The molecule has 1 aliphatic carbocycles. The summed E-state index contributed by atoms with van der Waals surface area (Å²) in [6, 6.07) is 5.89. The van der Waals surface area contributed by atoms with Gasteiger partial charge in [0, 0.05) is 0 Å². The van der Waals surface area contributed by atoms with Crippen molar-refractivity contribution < 1.29 is 9.84 Å². The Labute approximate surface area is 78.2 Å². The van der Waals surface area contributed by atoms with Gasteiger partial charge in [0.1, 0.15) is 12.4 Å². The SMILES string of the molecule is COc1cc([CH]O)cc(C2CC2)c1. The van der Waals surface area contributed by atoms with E-state index in [0.717, 1.165) is 17.9 Å². The number of aliphatic hydroxyl groups is 1. The second-order valence-electron chi connectivity index (χ2n) is 3.44. The Balaban J connectivity index is 2.33. The van der Waals surface area contributed by atoms with Crippen molar-refractivity contribution in [2.75, 3.05) is 7.11 Å². The summed E-state index contributed by atoms with van der Waals surface area (Å²) in [7, 11) is 1.65. The van der Waals surface area contributed by atoms with Crippen molar-refractivity contribution in [2.24, 2.45) is 0 Å². The van der Waals surface area contributed by atoms with Crippen LogP contribution in [0.5, 0.6) is 5.75 Å². The molecule has 1 N–H and O–H groups in total. The van der Waals surface area contributed by atoms with Gasteiger partial charge in [-0.3, -0.25) is 0 Å². The molecular formula is C11H13O2. The van der Waals surface area contributed by atoms with Crippen molar-refractivity contribution in [1.82, 2.24) is 0 Å². The molecule has 0 bridgehead atoms. The number of ether oxygens (including phenoxy) is 1. The molecule has 0 saturated heterocycles. The van der Waals surface area contributed by atoms with E-state index in [2.05, 4.69) is 0 Å². The molecule has 69 valence electrons. The molecule has 0 aliphatic heterocycles. The Bertz CT molecular complexity index is 281. The third kappa shape index (κ3) is 1.83. The Morgan fingerprint density at radius 1 is 1.38 bits per heavy atom. The van der Waals surface area contributed by atoms with Crippen molar-refractivity contribution in [3.8, 4) is 5.75 Å². The van der Waals surface area contributed by atoms with Crippen molar-refractivity contribution in [2.45, 2.75) is 18.8 Å². The molecule has 0 aromatic heterocycles. The molecule has 1 radical (unpaired) electrons. The van der Waals surface area contributed by atoms with Gasteiger partial charge in [0.25, 0.3) is 0 Å². The van der Waals surface area contributed by atoms with Gasteiger partial charge in [-0.05, 0) is 42.0 Å². The number of hydrogen-bond acceptors (Lipinski definition) is 2. The van der Waals surface area contributed by atoms with Gasteiger partial charge >= 0.3 is 0 Å². The lowest BCUT2D eigenvalue weighted by Gasteiger charge is -2.06. The number of aliphatic hydroxyl groups excluding tert-OH is 1. The van der Waals surface area contributed by atoms with Gasteiger partial charge in [-0.15, -0.1) is 0 Å². The first-order valence-corrected chi connectivity index (χ1v) is 4.50. The summed E-state index contributed by atoms with van der Waals surface area (Å²) in [6.07, 6.45) is 2.52. The minimum atomic E-state index is 0.689. The van der Waals surface area contributed by atoms with Crippen molar-refractivity contribution in [3.63, 3.8) is 0 Å². The fourth-order valence-corrected chi connectivity index (χ4v) is 1.49. The molecule has 1 saturated carbocycles. The van der Waals surface area contributed by atoms with Crippen LogP contribution >= 0.6 is 0 Å². The quantitative estimate of drug-likeness (QED) is 0.768. The van der Waals surface area contributed by atoms with E-state index in [0.29, 0.717) is 5.92 Å². The predicted molar refractivity (Wildman–Crippen MR) is 50.3 cm³/mol. The van der Waals surface area contributed by atoms with E-state index >= 15 is 0 Å². The topological polar surface area (TPSA) is 29.5 Å². The van der Waals surface area contributed by atoms with Crippen LogP contribution in [0.4, 0.5) is 0 Å². The molecule has 2 rings (SSSR count).